The van der Waals surface area contributed by atoms with Crippen LogP contribution in [0.4, 0.5) is 0 Å². The number of hydrogen-bond donors (Lipinski definition) is 1. The Bertz CT molecular complexity index is 796. The van der Waals surface area contributed by atoms with Crippen LogP contribution in [0.2, 0.25) is 0 Å². The summed E-state index contributed by atoms with van der Waals surface area (Å²) < 4.78 is 8.02. The van der Waals surface area contributed by atoms with Gasteiger partial charge in [0.1, 0.15) is 0 Å². The third kappa shape index (κ3) is 4.41. The summed E-state index contributed by atoms with van der Waals surface area (Å²) in [5.74, 6) is 0.0832. The third-order valence-corrected chi connectivity index (χ3v) is 5.66. The minimum absolute atomic E-state index is 0.0832. The molecule has 146 valence electrons. The van der Waals surface area contributed by atoms with Crippen LogP contribution in [0.15, 0.2) is 36.8 Å². The van der Waals surface area contributed by atoms with Gasteiger partial charge in [-0.1, -0.05) is 24.3 Å². The van der Waals surface area contributed by atoms with E-state index in [9.17, 15) is 4.79 Å². The fourth-order valence-electron chi connectivity index (χ4n) is 4.46. The van der Waals surface area contributed by atoms with Crippen molar-refractivity contribution in [1.82, 2.24) is 14.9 Å². The number of imidazole rings is 1. The number of carbonyl (C=O) groups is 1. The molecule has 0 spiro atoms. The van der Waals surface area contributed by atoms with Crippen molar-refractivity contribution >= 4 is 5.91 Å². The van der Waals surface area contributed by atoms with Gasteiger partial charge in [0, 0.05) is 31.2 Å². The van der Waals surface area contributed by atoms with Gasteiger partial charge < -0.3 is 14.6 Å². The van der Waals surface area contributed by atoms with Gasteiger partial charge in [-0.15, -0.1) is 0 Å². The molecule has 1 fully saturated rings. The number of amides is 1. The number of aromatic nitrogens is 2. The lowest BCUT2D eigenvalue weighted by Gasteiger charge is -2.45. The lowest BCUT2D eigenvalue weighted by Crippen LogP contribution is -2.46. The summed E-state index contributed by atoms with van der Waals surface area (Å²) in [5.41, 5.74) is 3.12. The molecular formula is C22H31N3O2. The van der Waals surface area contributed by atoms with Gasteiger partial charge in [0.25, 0.3) is 0 Å². The largest absolute Gasteiger partial charge is 0.376 e. The van der Waals surface area contributed by atoms with Gasteiger partial charge in [0.15, 0.2) is 0 Å². The van der Waals surface area contributed by atoms with Crippen molar-refractivity contribution in [2.75, 3.05) is 6.61 Å². The maximum Gasteiger partial charge on any atom is 0.221 e. The molecule has 0 aliphatic carbocycles. The zero-order valence-electron chi connectivity index (χ0n) is 16.9. The lowest BCUT2D eigenvalue weighted by atomic mass is 9.66. The normalized spacial score (nSPS) is 21.8. The summed E-state index contributed by atoms with van der Waals surface area (Å²) in [4.78, 5) is 17.1. The highest BCUT2D eigenvalue weighted by atomic mass is 16.5. The highest BCUT2D eigenvalue weighted by Crippen LogP contribution is 2.45. The van der Waals surface area contributed by atoms with Gasteiger partial charge in [-0.3, -0.25) is 4.79 Å². The molecule has 27 heavy (non-hydrogen) atoms. The molecule has 0 bridgehead atoms. The predicted molar refractivity (Wildman–Crippen MR) is 106 cm³/mol. The fraction of sp³-hybridized carbons (Fsp3) is 0.545. The average molecular weight is 370 g/mol. The molecule has 0 radical (unpaired) electrons. The fourth-order valence-corrected chi connectivity index (χ4v) is 4.46. The molecule has 1 unspecified atom stereocenters. The van der Waals surface area contributed by atoms with Crippen molar-refractivity contribution in [1.29, 1.82) is 0 Å². The van der Waals surface area contributed by atoms with Crippen molar-refractivity contribution in [3.05, 3.63) is 53.6 Å². The van der Waals surface area contributed by atoms with E-state index in [2.05, 4.69) is 66.8 Å². The molecule has 0 saturated carbocycles. The molecule has 1 aliphatic rings. The van der Waals surface area contributed by atoms with Crippen LogP contribution in [-0.4, -0.2) is 27.7 Å². The van der Waals surface area contributed by atoms with Crippen LogP contribution < -0.4 is 5.32 Å². The van der Waals surface area contributed by atoms with E-state index in [0.717, 1.165) is 25.1 Å². The molecular weight excluding hydrogens is 338 g/mol. The summed E-state index contributed by atoms with van der Waals surface area (Å²) in [7, 11) is 0. The average Bonchev–Trinajstić information content (AvgIpc) is 3.07. The molecule has 3 rings (SSSR count). The Morgan fingerprint density at radius 3 is 2.81 bits per heavy atom. The van der Waals surface area contributed by atoms with Crippen molar-refractivity contribution in [3.8, 4) is 0 Å². The zero-order valence-corrected chi connectivity index (χ0v) is 16.9. The van der Waals surface area contributed by atoms with E-state index in [-0.39, 0.29) is 16.9 Å². The SMILES string of the molecule is CCn1cncc1CNC(=O)CC1(c2ccccc2C)CCOC(C)(C)C1. The quantitative estimate of drug-likeness (QED) is 0.844. The first kappa shape index (κ1) is 19.6. The first-order chi connectivity index (χ1) is 12.9. The first-order valence-electron chi connectivity index (χ1n) is 9.81. The number of nitrogens with zero attached hydrogens (tertiary/aromatic N) is 2. The number of carbonyl (C=O) groups excluding carboxylic acids is 1. The van der Waals surface area contributed by atoms with Crippen LogP contribution in [0.3, 0.4) is 0 Å². The van der Waals surface area contributed by atoms with Crippen molar-refractivity contribution in [2.45, 2.75) is 71.1 Å². The van der Waals surface area contributed by atoms with Gasteiger partial charge in [0.05, 0.1) is 24.2 Å². The highest BCUT2D eigenvalue weighted by molar-refractivity contribution is 5.77. The molecule has 1 saturated heterocycles. The summed E-state index contributed by atoms with van der Waals surface area (Å²) in [6.07, 6.45) is 5.80. The second-order valence-corrected chi connectivity index (χ2v) is 8.25. The Balaban J connectivity index is 1.79. The van der Waals surface area contributed by atoms with Crippen molar-refractivity contribution in [2.24, 2.45) is 0 Å². The Labute approximate surface area is 162 Å². The molecule has 1 aromatic carbocycles. The summed E-state index contributed by atoms with van der Waals surface area (Å²) in [6.45, 7) is 10.5. The van der Waals surface area contributed by atoms with Gasteiger partial charge in [0.2, 0.25) is 5.91 Å². The van der Waals surface area contributed by atoms with E-state index in [0.29, 0.717) is 19.6 Å². The number of ether oxygens (including phenoxy) is 1. The maximum atomic E-state index is 12.9. The van der Waals surface area contributed by atoms with E-state index >= 15 is 0 Å². The van der Waals surface area contributed by atoms with Crippen LogP contribution in [0, 0.1) is 6.92 Å². The second kappa shape index (κ2) is 7.85. The molecule has 1 N–H and O–H groups in total. The summed E-state index contributed by atoms with van der Waals surface area (Å²) in [5, 5.41) is 3.11. The lowest BCUT2D eigenvalue weighted by molar-refractivity contribution is -0.126. The van der Waals surface area contributed by atoms with Crippen LogP contribution >= 0.6 is 0 Å². The van der Waals surface area contributed by atoms with Crippen LogP contribution in [-0.2, 0) is 28.0 Å². The maximum absolute atomic E-state index is 12.9. The number of benzene rings is 1. The Hall–Kier alpha value is -2.14. The smallest absolute Gasteiger partial charge is 0.221 e. The van der Waals surface area contributed by atoms with E-state index < -0.39 is 0 Å². The Kier molecular flexibility index (Phi) is 5.70. The molecule has 1 aliphatic heterocycles. The van der Waals surface area contributed by atoms with Crippen molar-refractivity contribution < 1.29 is 9.53 Å². The van der Waals surface area contributed by atoms with Crippen LogP contribution in [0.1, 0.15) is 56.9 Å². The minimum atomic E-state index is -0.234. The monoisotopic (exact) mass is 369 g/mol. The van der Waals surface area contributed by atoms with Crippen LogP contribution in [0.25, 0.3) is 0 Å². The standard InChI is InChI=1S/C22H31N3O2/c1-5-25-16-23-13-18(25)14-24-20(26)12-22(10-11-27-21(3,4)15-22)19-9-7-6-8-17(19)2/h6-9,13,16H,5,10-12,14-15H2,1-4H3,(H,24,26). The Morgan fingerprint density at radius 2 is 2.11 bits per heavy atom. The molecule has 5 nitrogen and oxygen atoms in total. The molecule has 2 aromatic rings. The van der Waals surface area contributed by atoms with E-state index in [4.69, 9.17) is 4.74 Å². The topological polar surface area (TPSA) is 56.2 Å². The van der Waals surface area contributed by atoms with E-state index in [1.165, 1.54) is 11.1 Å². The van der Waals surface area contributed by atoms with Gasteiger partial charge in [-0.2, -0.15) is 0 Å². The molecule has 1 aromatic heterocycles. The molecule has 1 amide bonds. The number of hydrogen-bond acceptors (Lipinski definition) is 3. The van der Waals surface area contributed by atoms with E-state index in [1.807, 2.05) is 6.20 Å². The van der Waals surface area contributed by atoms with Gasteiger partial charge in [-0.05, 0) is 51.7 Å². The Morgan fingerprint density at radius 1 is 1.33 bits per heavy atom. The van der Waals surface area contributed by atoms with Gasteiger partial charge in [-0.25, -0.2) is 4.98 Å². The van der Waals surface area contributed by atoms with Crippen LogP contribution in [0.5, 0.6) is 0 Å². The first-order valence-corrected chi connectivity index (χ1v) is 9.81. The van der Waals surface area contributed by atoms with E-state index in [1.54, 1.807) is 6.33 Å². The summed E-state index contributed by atoms with van der Waals surface area (Å²) >= 11 is 0. The molecule has 5 heteroatoms. The summed E-state index contributed by atoms with van der Waals surface area (Å²) in [6, 6.07) is 8.45. The second-order valence-electron chi connectivity index (χ2n) is 8.25. The number of aryl methyl sites for hydroxylation is 2. The van der Waals surface area contributed by atoms with Crippen molar-refractivity contribution in [3.63, 3.8) is 0 Å². The number of rotatable bonds is 6. The number of nitrogens with one attached hydrogen (secondary N) is 1. The predicted octanol–water partition coefficient (Wildman–Crippen LogP) is 3.74. The van der Waals surface area contributed by atoms with Gasteiger partial charge >= 0.3 is 0 Å². The zero-order chi connectivity index (χ0) is 19.5. The highest BCUT2D eigenvalue weighted by Gasteiger charge is 2.44. The molecule has 2 heterocycles. The molecule has 1 atom stereocenters. The minimum Gasteiger partial charge on any atom is -0.376 e. The third-order valence-electron chi connectivity index (χ3n) is 5.66.